The number of oxazole rings is 1. The van der Waals surface area contributed by atoms with Gasteiger partial charge in [-0.3, -0.25) is 14.3 Å². The summed E-state index contributed by atoms with van der Waals surface area (Å²) in [6.07, 6.45) is 3.78. The van der Waals surface area contributed by atoms with E-state index in [1.807, 2.05) is 42.6 Å². The molecule has 0 atom stereocenters. The number of aryl methyl sites for hydroxylation is 1. The Morgan fingerprint density at radius 2 is 2.06 bits per heavy atom. The second-order valence-electron chi connectivity index (χ2n) is 7.10. The lowest BCUT2D eigenvalue weighted by Gasteiger charge is -2.05. The number of fused-ring (bicyclic) bond motifs is 2. The number of carbonyl (C=O) groups is 1. The minimum absolute atomic E-state index is 0.163. The predicted octanol–water partition coefficient (Wildman–Crippen LogP) is 4.92. The molecule has 0 aliphatic carbocycles. The maximum atomic E-state index is 12.5. The summed E-state index contributed by atoms with van der Waals surface area (Å²) in [5, 5.41) is 2.91. The van der Waals surface area contributed by atoms with Gasteiger partial charge in [0.15, 0.2) is 9.92 Å². The molecule has 9 heteroatoms. The van der Waals surface area contributed by atoms with Crippen LogP contribution in [0, 0.1) is 0 Å². The number of benzene rings is 2. The summed E-state index contributed by atoms with van der Waals surface area (Å²) < 4.78 is 8.67. The molecule has 0 fully saturated rings. The van der Waals surface area contributed by atoms with E-state index in [9.17, 15) is 9.59 Å². The van der Waals surface area contributed by atoms with Crippen molar-refractivity contribution < 1.29 is 9.21 Å². The van der Waals surface area contributed by atoms with Crippen LogP contribution in [0.15, 0.2) is 80.5 Å². The van der Waals surface area contributed by atoms with Crippen LogP contribution in [-0.2, 0) is 17.1 Å². The molecule has 1 amide bonds. The molecule has 2 aromatic carbocycles. The van der Waals surface area contributed by atoms with Crippen molar-refractivity contribution >= 4 is 56.0 Å². The summed E-state index contributed by atoms with van der Waals surface area (Å²) in [4.78, 5) is 33.3. The quantitative estimate of drug-likeness (QED) is 0.345. The van der Waals surface area contributed by atoms with Crippen molar-refractivity contribution in [3.63, 3.8) is 0 Å². The predicted molar refractivity (Wildman–Crippen MR) is 127 cm³/mol. The number of amides is 1. The highest BCUT2D eigenvalue weighted by atomic mass is 32.2. The molecule has 1 N–H and O–H groups in total. The Balaban J connectivity index is 1.23. The van der Waals surface area contributed by atoms with Crippen molar-refractivity contribution in [3.05, 3.63) is 83.1 Å². The highest BCUT2D eigenvalue weighted by Gasteiger charge is 2.12. The van der Waals surface area contributed by atoms with Gasteiger partial charge in [0.1, 0.15) is 0 Å². The van der Waals surface area contributed by atoms with Crippen LogP contribution >= 0.6 is 23.1 Å². The molecular formula is C23H18N4O3S2. The third kappa shape index (κ3) is 4.44. The van der Waals surface area contributed by atoms with E-state index >= 15 is 0 Å². The van der Waals surface area contributed by atoms with Crippen molar-refractivity contribution in [1.82, 2.24) is 14.5 Å². The van der Waals surface area contributed by atoms with Crippen LogP contribution in [0.25, 0.3) is 21.3 Å². The maximum absolute atomic E-state index is 12.5. The summed E-state index contributed by atoms with van der Waals surface area (Å²) in [6, 6.07) is 16.8. The number of rotatable bonds is 7. The Bertz CT molecular complexity index is 1460. The summed E-state index contributed by atoms with van der Waals surface area (Å²) in [5.41, 5.74) is 3.96. The van der Waals surface area contributed by atoms with Gasteiger partial charge < -0.3 is 9.73 Å². The number of hydrogen-bond acceptors (Lipinski definition) is 7. The van der Waals surface area contributed by atoms with Crippen molar-refractivity contribution in [1.29, 1.82) is 0 Å². The zero-order valence-corrected chi connectivity index (χ0v) is 18.5. The summed E-state index contributed by atoms with van der Waals surface area (Å²) in [7, 11) is 0. The van der Waals surface area contributed by atoms with Crippen LogP contribution in [0.3, 0.4) is 0 Å². The molecule has 7 nitrogen and oxygen atoms in total. The number of aromatic nitrogens is 3. The van der Waals surface area contributed by atoms with Crippen LogP contribution in [-0.4, -0.2) is 20.4 Å². The number of thiazole rings is 1. The molecule has 5 rings (SSSR count). The molecule has 5 aromatic rings. The Kier molecular flexibility index (Phi) is 5.74. The van der Waals surface area contributed by atoms with Gasteiger partial charge in [0.2, 0.25) is 5.91 Å². The van der Waals surface area contributed by atoms with Crippen LogP contribution in [0.4, 0.5) is 5.69 Å². The minimum atomic E-state index is -0.457. The third-order valence-electron chi connectivity index (χ3n) is 4.87. The van der Waals surface area contributed by atoms with Gasteiger partial charge in [0.05, 0.1) is 15.7 Å². The van der Waals surface area contributed by atoms with Crippen LogP contribution in [0.5, 0.6) is 0 Å². The molecule has 3 heterocycles. The fourth-order valence-electron chi connectivity index (χ4n) is 3.33. The van der Waals surface area contributed by atoms with Crippen LogP contribution < -0.4 is 11.1 Å². The fourth-order valence-corrected chi connectivity index (χ4v) is 5.38. The van der Waals surface area contributed by atoms with Gasteiger partial charge >= 0.3 is 5.76 Å². The largest absolute Gasteiger partial charge is 0.419 e. The fraction of sp³-hybridized carbons (Fsp3) is 0.130. The second-order valence-corrected chi connectivity index (χ2v) is 9.35. The maximum Gasteiger partial charge on any atom is 0.419 e. The van der Waals surface area contributed by atoms with E-state index in [-0.39, 0.29) is 18.9 Å². The molecule has 0 radical (unpaired) electrons. The summed E-state index contributed by atoms with van der Waals surface area (Å²) in [6.45, 7) is 0.250. The molecule has 0 aliphatic heterocycles. The van der Waals surface area contributed by atoms with Gasteiger partial charge in [-0.05, 0) is 42.0 Å². The highest BCUT2D eigenvalue weighted by molar-refractivity contribution is 8.00. The number of para-hydroxylation sites is 2. The van der Waals surface area contributed by atoms with E-state index in [0.29, 0.717) is 16.8 Å². The highest BCUT2D eigenvalue weighted by Crippen LogP contribution is 2.32. The average Bonchev–Trinajstić information content (AvgIpc) is 3.36. The number of pyridine rings is 1. The molecule has 0 saturated carbocycles. The first-order chi connectivity index (χ1) is 15.7. The Morgan fingerprint density at radius 3 is 2.94 bits per heavy atom. The average molecular weight is 463 g/mol. The zero-order valence-electron chi connectivity index (χ0n) is 16.9. The molecule has 32 heavy (non-hydrogen) atoms. The summed E-state index contributed by atoms with van der Waals surface area (Å²) in [5.74, 6) is 0.179. The van der Waals surface area contributed by atoms with E-state index in [4.69, 9.17) is 4.42 Å². The first kappa shape index (κ1) is 20.5. The first-order valence-corrected chi connectivity index (χ1v) is 11.8. The molecule has 0 saturated heterocycles. The van der Waals surface area contributed by atoms with E-state index in [2.05, 4.69) is 15.3 Å². The van der Waals surface area contributed by atoms with Gasteiger partial charge in [-0.15, -0.1) is 11.3 Å². The van der Waals surface area contributed by atoms with Crippen molar-refractivity contribution in [2.45, 2.75) is 23.1 Å². The van der Waals surface area contributed by atoms with Crippen molar-refractivity contribution in [2.75, 3.05) is 5.32 Å². The van der Waals surface area contributed by atoms with Gasteiger partial charge in [-0.1, -0.05) is 30.0 Å². The molecule has 0 spiro atoms. The number of carbonyl (C=O) groups excluding carboxylic acids is 1. The molecule has 3 aromatic heterocycles. The smallest absolute Gasteiger partial charge is 0.408 e. The van der Waals surface area contributed by atoms with E-state index in [1.165, 1.54) is 4.57 Å². The van der Waals surface area contributed by atoms with E-state index < -0.39 is 5.76 Å². The van der Waals surface area contributed by atoms with Crippen molar-refractivity contribution in [2.24, 2.45) is 0 Å². The molecule has 0 bridgehead atoms. The van der Waals surface area contributed by atoms with Crippen molar-refractivity contribution in [3.8, 4) is 0 Å². The normalized spacial score (nSPS) is 11.2. The third-order valence-corrected chi connectivity index (χ3v) is 7.11. The first-order valence-electron chi connectivity index (χ1n) is 9.96. The molecule has 160 valence electrons. The van der Waals surface area contributed by atoms with Crippen LogP contribution in [0.2, 0.25) is 0 Å². The van der Waals surface area contributed by atoms with Gasteiger partial charge in [0.25, 0.3) is 0 Å². The second kappa shape index (κ2) is 8.97. The monoisotopic (exact) mass is 462 g/mol. The number of nitrogens with zero attached hydrogens (tertiary/aromatic N) is 3. The number of thioether (sulfide) groups is 1. The number of hydrogen-bond donors (Lipinski definition) is 1. The Labute approximate surface area is 191 Å². The molecule has 0 unspecified atom stereocenters. The van der Waals surface area contributed by atoms with E-state index in [0.717, 1.165) is 25.9 Å². The van der Waals surface area contributed by atoms with Crippen LogP contribution in [0.1, 0.15) is 12.0 Å². The topological polar surface area (TPSA) is 90.0 Å². The summed E-state index contributed by atoms with van der Waals surface area (Å²) >= 11 is 3.26. The molecule has 0 aliphatic rings. The standard InChI is InChI=1S/C23H18N4O3S2/c28-21(9-11-27-18-5-1-2-6-19(18)30-23(27)29)25-16-7-8-17-20(12-16)32-22(26-17)31-14-15-4-3-10-24-13-15/h1-8,10,12-13H,9,11,14H2,(H,25,28). The minimum Gasteiger partial charge on any atom is -0.408 e. The van der Waals surface area contributed by atoms with Gasteiger partial charge in [0, 0.05) is 36.8 Å². The lowest BCUT2D eigenvalue weighted by Crippen LogP contribution is -2.19. The Hall–Kier alpha value is -3.43. The Morgan fingerprint density at radius 1 is 1.16 bits per heavy atom. The lowest BCUT2D eigenvalue weighted by molar-refractivity contribution is -0.116. The number of nitrogens with one attached hydrogen (secondary N) is 1. The lowest BCUT2D eigenvalue weighted by atomic mass is 10.3. The zero-order chi connectivity index (χ0) is 21.9. The van der Waals surface area contributed by atoms with Gasteiger partial charge in [-0.25, -0.2) is 9.78 Å². The number of anilines is 1. The SMILES string of the molecule is O=C(CCn1c(=O)oc2ccccc21)Nc1ccc2nc(SCc3cccnc3)sc2c1. The van der Waals surface area contributed by atoms with E-state index in [1.54, 1.807) is 47.5 Å². The van der Waals surface area contributed by atoms with Gasteiger partial charge in [-0.2, -0.15) is 0 Å². The molecular weight excluding hydrogens is 444 g/mol.